The van der Waals surface area contributed by atoms with Crippen molar-refractivity contribution in [3.63, 3.8) is 0 Å². The number of hydrogen-bond acceptors (Lipinski definition) is 2. The van der Waals surface area contributed by atoms with Gasteiger partial charge in [-0.2, -0.15) is 0 Å². The van der Waals surface area contributed by atoms with Crippen LogP contribution in [0.5, 0.6) is 0 Å². The minimum Gasteiger partial charge on any atom is -0.307 e. The smallest absolute Gasteiger partial charge is 0.0315 e. The molecular formula is C12H20N2. The molecule has 2 heteroatoms. The zero-order valence-electron chi connectivity index (χ0n) is 9.33. The van der Waals surface area contributed by atoms with Gasteiger partial charge in [-0.15, -0.1) is 0 Å². The van der Waals surface area contributed by atoms with Crippen LogP contribution in [0.4, 0.5) is 0 Å². The average Bonchev–Trinajstić information content (AvgIpc) is 2.26. The Kier molecular flexibility index (Phi) is 4.60. The molecule has 0 radical (unpaired) electrons. The van der Waals surface area contributed by atoms with Gasteiger partial charge in [0.2, 0.25) is 0 Å². The Labute approximate surface area is 86.8 Å². The summed E-state index contributed by atoms with van der Waals surface area (Å²) < 4.78 is 0. The van der Waals surface area contributed by atoms with Gasteiger partial charge in [-0.3, -0.25) is 4.98 Å². The molecule has 1 rings (SSSR count). The van der Waals surface area contributed by atoms with E-state index in [1.807, 2.05) is 18.5 Å². The SMILES string of the molecule is CCC(CC)N[C@@H](C)c1cccnc1. The lowest BCUT2D eigenvalue weighted by atomic mass is 10.1. The van der Waals surface area contributed by atoms with Crippen molar-refractivity contribution in [3.05, 3.63) is 30.1 Å². The van der Waals surface area contributed by atoms with E-state index in [4.69, 9.17) is 0 Å². The summed E-state index contributed by atoms with van der Waals surface area (Å²) in [6, 6.07) is 5.12. The lowest BCUT2D eigenvalue weighted by Crippen LogP contribution is -2.30. The fourth-order valence-corrected chi connectivity index (χ4v) is 1.61. The molecule has 0 unspecified atom stereocenters. The van der Waals surface area contributed by atoms with Crippen molar-refractivity contribution in [3.8, 4) is 0 Å². The standard InChI is InChI=1S/C12H20N2/c1-4-12(5-2)14-10(3)11-7-6-8-13-9-11/h6-10,12,14H,4-5H2,1-3H3/t10-/m0/s1. The van der Waals surface area contributed by atoms with E-state index in [9.17, 15) is 0 Å². The zero-order chi connectivity index (χ0) is 10.4. The van der Waals surface area contributed by atoms with Crippen LogP contribution in [0.15, 0.2) is 24.5 Å². The first kappa shape index (κ1) is 11.2. The van der Waals surface area contributed by atoms with E-state index < -0.39 is 0 Å². The predicted molar refractivity (Wildman–Crippen MR) is 60.2 cm³/mol. The first-order chi connectivity index (χ1) is 6.77. The summed E-state index contributed by atoms with van der Waals surface area (Å²) in [5.74, 6) is 0. The van der Waals surface area contributed by atoms with Gasteiger partial charge in [0.15, 0.2) is 0 Å². The van der Waals surface area contributed by atoms with Gasteiger partial charge in [0.25, 0.3) is 0 Å². The third-order valence-corrected chi connectivity index (χ3v) is 2.66. The highest BCUT2D eigenvalue weighted by atomic mass is 14.9. The van der Waals surface area contributed by atoms with E-state index >= 15 is 0 Å². The van der Waals surface area contributed by atoms with Crippen molar-refractivity contribution in [2.24, 2.45) is 0 Å². The van der Waals surface area contributed by atoms with Crippen molar-refractivity contribution in [2.45, 2.75) is 45.7 Å². The summed E-state index contributed by atoms with van der Waals surface area (Å²) in [5.41, 5.74) is 1.26. The fourth-order valence-electron chi connectivity index (χ4n) is 1.61. The van der Waals surface area contributed by atoms with Crippen LogP contribution in [0.3, 0.4) is 0 Å². The van der Waals surface area contributed by atoms with Gasteiger partial charge in [-0.05, 0) is 31.4 Å². The quantitative estimate of drug-likeness (QED) is 0.776. The molecule has 0 amide bonds. The van der Waals surface area contributed by atoms with Crippen molar-refractivity contribution < 1.29 is 0 Å². The molecule has 0 aliphatic rings. The Hall–Kier alpha value is -0.890. The molecule has 14 heavy (non-hydrogen) atoms. The molecule has 2 nitrogen and oxygen atoms in total. The molecule has 0 spiro atoms. The number of pyridine rings is 1. The Morgan fingerprint density at radius 1 is 1.36 bits per heavy atom. The normalized spacial score (nSPS) is 13.1. The molecule has 0 fully saturated rings. The third kappa shape index (κ3) is 3.11. The second-order valence-corrected chi connectivity index (χ2v) is 3.69. The molecule has 1 heterocycles. The highest BCUT2D eigenvalue weighted by Crippen LogP contribution is 2.12. The second kappa shape index (κ2) is 5.76. The monoisotopic (exact) mass is 192 g/mol. The van der Waals surface area contributed by atoms with Gasteiger partial charge >= 0.3 is 0 Å². The van der Waals surface area contributed by atoms with Gasteiger partial charge in [0.1, 0.15) is 0 Å². The lowest BCUT2D eigenvalue weighted by molar-refractivity contribution is 0.432. The number of aromatic nitrogens is 1. The number of hydrogen-bond donors (Lipinski definition) is 1. The van der Waals surface area contributed by atoms with Crippen LogP contribution in [0.1, 0.15) is 45.2 Å². The topological polar surface area (TPSA) is 24.9 Å². The van der Waals surface area contributed by atoms with E-state index in [0.29, 0.717) is 12.1 Å². The molecule has 0 saturated heterocycles. The molecule has 0 aliphatic heterocycles. The van der Waals surface area contributed by atoms with E-state index in [2.05, 4.69) is 37.1 Å². The molecule has 1 aromatic rings. The summed E-state index contributed by atoms with van der Waals surface area (Å²) in [7, 11) is 0. The van der Waals surface area contributed by atoms with E-state index in [1.165, 1.54) is 18.4 Å². The first-order valence-corrected chi connectivity index (χ1v) is 5.43. The maximum absolute atomic E-state index is 4.12. The zero-order valence-corrected chi connectivity index (χ0v) is 9.33. The molecule has 1 N–H and O–H groups in total. The van der Waals surface area contributed by atoms with Gasteiger partial charge in [-0.25, -0.2) is 0 Å². The van der Waals surface area contributed by atoms with Crippen LogP contribution < -0.4 is 5.32 Å². The predicted octanol–water partition coefficient (Wildman–Crippen LogP) is 2.92. The van der Waals surface area contributed by atoms with Crippen LogP contribution >= 0.6 is 0 Å². The second-order valence-electron chi connectivity index (χ2n) is 3.69. The molecule has 0 aromatic carbocycles. The average molecular weight is 192 g/mol. The molecule has 1 atom stereocenters. The summed E-state index contributed by atoms with van der Waals surface area (Å²) in [4.78, 5) is 4.12. The van der Waals surface area contributed by atoms with E-state index in [1.54, 1.807) is 0 Å². The Bertz CT molecular complexity index is 242. The highest BCUT2D eigenvalue weighted by Gasteiger charge is 2.09. The molecule has 78 valence electrons. The van der Waals surface area contributed by atoms with Crippen molar-refractivity contribution in [2.75, 3.05) is 0 Å². The van der Waals surface area contributed by atoms with Crippen LogP contribution in [-0.4, -0.2) is 11.0 Å². The maximum atomic E-state index is 4.12. The molecular weight excluding hydrogens is 172 g/mol. The van der Waals surface area contributed by atoms with Crippen LogP contribution in [0, 0.1) is 0 Å². The minimum absolute atomic E-state index is 0.397. The Balaban J connectivity index is 2.54. The Morgan fingerprint density at radius 2 is 2.07 bits per heavy atom. The number of nitrogens with one attached hydrogen (secondary N) is 1. The number of rotatable bonds is 5. The summed E-state index contributed by atoms with van der Waals surface area (Å²) in [5, 5.41) is 3.59. The van der Waals surface area contributed by atoms with Crippen LogP contribution in [0.25, 0.3) is 0 Å². The van der Waals surface area contributed by atoms with Gasteiger partial charge in [-0.1, -0.05) is 19.9 Å². The van der Waals surface area contributed by atoms with Crippen molar-refractivity contribution in [1.82, 2.24) is 10.3 Å². The van der Waals surface area contributed by atoms with Gasteiger partial charge in [0, 0.05) is 24.5 Å². The number of nitrogens with zero attached hydrogens (tertiary/aromatic N) is 1. The Morgan fingerprint density at radius 3 is 2.57 bits per heavy atom. The van der Waals surface area contributed by atoms with Crippen molar-refractivity contribution in [1.29, 1.82) is 0 Å². The van der Waals surface area contributed by atoms with Gasteiger partial charge in [0.05, 0.1) is 0 Å². The molecule has 0 saturated carbocycles. The van der Waals surface area contributed by atoms with Crippen LogP contribution in [0.2, 0.25) is 0 Å². The molecule has 0 aliphatic carbocycles. The maximum Gasteiger partial charge on any atom is 0.0315 e. The summed E-state index contributed by atoms with van der Waals surface area (Å²) >= 11 is 0. The third-order valence-electron chi connectivity index (χ3n) is 2.66. The van der Waals surface area contributed by atoms with Gasteiger partial charge < -0.3 is 5.32 Å². The lowest BCUT2D eigenvalue weighted by Gasteiger charge is -2.20. The van der Waals surface area contributed by atoms with Crippen LogP contribution in [-0.2, 0) is 0 Å². The first-order valence-electron chi connectivity index (χ1n) is 5.43. The van der Waals surface area contributed by atoms with E-state index in [-0.39, 0.29) is 0 Å². The minimum atomic E-state index is 0.397. The largest absolute Gasteiger partial charge is 0.307 e. The summed E-state index contributed by atoms with van der Waals surface area (Å²) in [6.45, 7) is 6.63. The molecule has 0 bridgehead atoms. The summed E-state index contributed by atoms with van der Waals surface area (Å²) in [6.07, 6.45) is 6.11. The fraction of sp³-hybridized carbons (Fsp3) is 0.583. The van der Waals surface area contributed by atoms with Crippen molar-refractivity contribution >= 4 is 0 Å². The highest BCUT2D eigenvalue weighted by molar-refractivity contribution is 5.12. The molecule has 1 aromatic heterocycles. The van der Waals surface area contributed by atoms with E-state index in [0.717, 1.165) is 0 Å².